The van der Waals surface area contributed by atoms with Gasteiger partial charge in [0.15, 0.2) is 0 Å². The number of hydrogen-bond donors (Lipinski definition) is 6. The predicted molar refractivity (Wildman–Crippen MR) is 76.0 cm³/mol. The molecule has 0 radical (unpaired) electrons. The van der Waals surface area contributed by atoms with E-state index in [4.69, 9.17) is 14.9 Å². The minimum Gasteiger partial charge on any atom is -0.466 e. The summed E-state index contributed by atoms with van der Waals surface area (Å²) in [4.78, 5) is 0. The summed E-state index contributed by atoms with van der Waals surface area (Å²) in [6, 6.07) is 0. The molecule has 0 heterocycles. The van der Waals surface area contributed by atoms with Gasteiger partial charge in [-0.1, -0.05) is 13.2 Å². The van der Waals surface area contributed by atoms with Crippen molar-refractivity contribution in [1.82, 2.24) is 0 Å². The monoisotopic (exact) mass is 306 g/mol. The molecule has 0 saturated heterocycles. The van der Waals surface area contributed by atoms with Gasteiger partial charge in [-0.3, -0.25) is 0 Å². The molecule has 21 heavy (non-hydrogen) atoms. The zero-order valence-corrected chi connectivity index (χ0v) is 12.2. The third-order valence-electron chi connectivity index (χ3n) is 3.82. The first kappa shape index (κ1) is 20.0. The SMILES string of the molecule is C=C(OC(=C)C(CO)(CO)CCO)C(CO)(CO)CCO. The Balaban J connectivity index is 5.15. The van der Waals surface area contributed by atoms with E-state index in [-0.39, 0.29) is 37.6 Å². The molecular formula is C14H26O7. The molecule has 0 aromatic heterocycles. The molecule has 0 amide bonds. The van der Waals surface area contributed by atoms with E-state index in [1.807, 2.05) is 0 Å². The molecule has 0 rings (SSSR count). The van der Waals surface area contributed by atoms with Crippen LogP contribution in [0.1, 0.15) is 12.8 Å². The lowest BCUT2D eigenvalue weighted by molar-refractivity contribution is -0.0116. The van der Waals surface area contributed by atoms with Crippen molar-refractivity contribution >= 4 is 0 Å². The summed E-state index contributed by atoms with van der Waals surface area (Å²) in [6.07, 6.45) is 0.0503. The zero-order chi connectivity index (χ0) is 16.5. The fourth-order valence-electron chi connectivity index (χ4n) is 1.84. The van der Waals surface area contributed by atoms with Crippen molar-refractivity contribution in [2.24, 2.45) is 10.8 Å². The maximum absolute atomic E-state index is 9.43. The maximum atomic E-state index is 9.43. The molecule has 0 aromatic carbocycles. The van der Waals surface area contributed by atoms with Crippen molar-refractivity contribution in [2.75, 3.05) is 39.6 Å². The topological polar surface area (TPSA) is 131 Å². The van der Waals surface area contributed by atoms with Gasteiger partial charge in [-0.15, -0.1) is 0 Å². The minimum atomic E-state index is -1.26. The van der Waals surface area contributed by atoms with E-state index in [9.17, 15) is 20.4 Å². The number of aliphatic hydroxyl groups excluding tert-OH is 6. The van der Waals surface area contributed by atoms with E-state index < -0.39 is 37.3 Å². The fraction of sp³-hybridized carbons (Fsp3) is 0.714. The van der Waals surface area contributed by atoms with Crippen LogP contribution in [0, 0.1) is 10.8 Å². The Labute approximate surface area is 124 Å². The molecule has 0 unspecified atom stereocenters. The highest BCUT2D eigenvalue weighted by Crippen LogP contribution is 2.37. The van der Waals surface area contributed by atoms with E-state index in [0.29, 0.717) is 0 Å². The van der Waals surface area contributed by atoms with Gasteiger partial charge in [-0.25, -0.2) is 0 Å². The van der Waals surface area contributed by atoms with Gasteiger partial charge in [0.1, 0.15) is 11.5 Å². The summed E-state index contributed by atoms with van der Waals surface area (Å²) in [5, 5.41) is 55.8. The first-order valence-corrected chi connectivity index (χ1v) is 6.63. The molecular weight excluding hydrogens is 280 g/mol. The second-order valence-corrected chi connectivity index (χ2v) is 5.09. The summed E-state index contributed by atoms with van der Waals surface area (Å²) < 4.78 is 5.40. The van der Waals surface area contributed by atoms with E-state index in [2.05, 4.69) is 13.2 Å². The van der Waals surface area contributed by atoms with Gasteiger partial charge in [0, 0.05) is 13.2 Å². The van der Waals surface area contributed by atoms with Gasteiger partial charge >= 0.3 is 0 Å². The quantitative estimate of drug-likeness (QED) is 0.248. The lowest BCUT2D eigenvalue weighted by Crippen LogP contribution is -2.38. The summed E-state index contributed by atoms with van der Waals surface area (Å²) in [5.41, 5.74) is -2.51. The van der Waals surface area contributed by atoms with Crippen molar-refractivity contribution in [3.63, 3.8) is 0 Å². The van der Waals surface area contributed by atoms with Crippen molar-refractivity contribution in [1.29, 1.82) is 0 Å². The average Bonchev–Trinajstić information content (AvgIpc) is 2.50. The predicted octanol–water partition coefficient (Wildman–Crippen LogP) is -1.26. The average molecular weight is 306 g/mol. The van der Waals surface area contributed by atoms with Crippen LogP contribution in [0.4, 0.5) is 0 Å². The van der Waals surface area contributed by atoms with Crippen LogP contribution in [-0.4, -0.2) is 70.3 Å². The van der Waals surface area contributed by atoms with Crippen LogP contribution in [0.2, 0.25) is 0 Å². The van der Waals surface area contributed by atoms with E-state index >= 15 is 0 Å². The Morgan fingerprint density at radius 3 is 1.14 bits per heavy atom. The molecule has 0 aromatic rings. The Kier molecular flexibility index (Phi) is 8.72. The second kappa shape index (κ2) is 9.14. The van der Waals surface area contributed by atoms with E-state index in [1.54, 1.807) is 0 Å². The summed E-state index contributed by atoms with van der Waals surface area (Å²) in [6.45, 7) is 4.68. The molecule has 0 spiro atoms. The van der Waals surface area contributed by atoms with Crippen LogP contribution >= 0.6 is 0 Å². The van der Waals surface area contributed by atoms with E-state index in [1.165, 1.54) is 0 Å². The normalized spacial score (nSPS) is 12.3. The summed E-state index contributed by atoms with van der Waals surface area (Å²) in [5.74, 6) is -0.0634. The van der Waals surface area contributed by atoms with Crippen molar-refractivity contribution in [3.05, 3.63) is 24.7 Å². The van der Waals surface area contributed by atoms with Crippen molar-refractivity contribution in [2.45, 2.75) is 12.8 Å². The lowest BCUT2D eigenvalue weighted by atomic mass is 9.82. The molecule has 0 aliphatic carbocycles. The first-order valence-electron chi connectivity index (χ1n) is 6.63. The number of hydrogen-bond acceptors (Lipinski definition) is 7. The van der Waals surface area contributed by atoms with Crippen molar-refractivity contribution in [3.8, 4) is 0 Å². The molecule has 7 nitrogen and oxygen atoms in total. The highest BCUT2D eigenvalue weighted by Gasteiger charge is 2.38. The van der Waals surface area contributed by atoms with Crippen molar-refractivity contribution < 1.29 is 35.4 Å². The molecule has 0 fully saturated rings. The molecule has 0 aliphatic heterocycles. The number of rotatable bonds is 12. The molecule has 0 saturated carbocycles. The molecule has 0 aliphatic rings. The minimum absolute atomic E-state index is 0.0252. The first-order chi connectivity index (χ1) is 9.91. The number of ether oxygens (including phenoxy) is 1. The van der Waals surface area contributed by atoms with Crippen LogP contribution < -0.4 is 0 Å². The van der Waals surface area contributed by atoms with Crippen LogP contribution in [0.5, 0.6) is 0 Å². The highest BCUT2D eigenvalue weighted by molar-refractivity contribution is 5.12. The Hall–Kier alpha value is -0.960. The van der Waals surface area contributed by atoms with Crippen LogP contribution in [0.25, 0.3) is 0 Å². The Morgan fingerprint density at radius 2 is 0.952 bits per heavy atom. The standard InChI is InChI=1S/C14H26O7/c1-11(13(7-17,8-18)3-5-15)21-12(2)14(9-19,10-20)4-6-16/h15-20H,1-10H2. The van der Waals surface area contributed by atoms with E-state index in [0.717, 1.165) is 0 Å². The summed E-state index contributed by atoms with van der Waals surface area (Å²) >= 11 is 0. The lowest BCUT2D eigenvalue weighted by Gasteiger charge is -2.36. The summed E-state index contributed by atoms with van der Waals surface area (Å²) in [7, 11) is 0. The molecule has 6 N–H and O–H groups in total. The van der Waals surface area contributed by atoms with Gasteiger partial charge in [0.25, 0.3) is 0 Å². The third kappa shape index (κ3) is 4.50. The second-order valence-electron chi connectivity index (χ2n) is 5.09. The largest absolute Gasteiger partial charge is 0.466 e. The maximum Gasteiger partial charge on any atom is 0.107 e. The van der Waals surface area contributed by atoms with Crippen LogP contribution in [0.3, 0.4) is 0 Å². The fourth-order valence-corrected chi connectivity index (χ4v) is 1.84. The van der Waals surface area contributed by atoms with Crippen LogP contribution in [-0.2, 0) is 4.74 Å². The van der Waals surface area contributed by atoms with Gasteiger partial charge in [-0.05, 0) is 12.8 Å². The smallest absolute Gasteiger partial charge is 0.107 e. The molecule has 7 heteroatoms. The third-order valence-corrected chi connectivity index (χ3v) is 3.82. The van der Waals surface area contributed by atoms with Gasteiger partial charge in [-0.2, -0.15) is 0 Å². The molecule has 0 bridgehead atoms. The Bertz CT molecular complexity index is 300. The Morgan fingerprint density at radius 1 is 0.667 bits per heavy atom. The molecule has 124 valence electrons. The zero-order valence-electron chi connectivity index (χ0n) is 12.2. The van der Waals surface area contributed by atoms with Crippen LogP contribution in [0.15, 0.2) is 24.7 Å². The highest BCUT2D eigenvalue weighted by atomic mass is 16.5. The number of aliphatic hydroxyl groups is 6. The van der Waals surface area contributed by atoms with Gasteiger partial charge in [0.05, 0.1) is 37.3 Å². The van der Waals surface area contributed by atoms with Gasteiger partial charge in [0.2, 0.25) is 0 Å². The van der Waals surface area contributed by atoms with Gasteiger partial charge < -0.3 is 35.4 Å². The molecule has 0 atom stereocenters.